The van der Waals surface area contributed by atoms with Gasteiger partial charge in [0.15, 0.2) is 0 Å². The van der Waals surface area contributed by atoms with Crippen molar-refractivity contribution in [2.24, 2.45) is 0 Å². The van der Waals surface area contributed by atoms with Gasteiger partial charge in [0.2, 0.25) is 0 Å². The predicted octanol–water partition coefficient (Wildman–Crippen LogP) is 7.59. The number of hydrogen-bond acceptors (Lipinski definition) is 2. The van der Waals surface area contributed by atoms with Gasteiger partial charge in [0.25, 0.3) is 0 Å². The van der Waals surface area contributed by atoms with Crippen molar-refractivity contribution in [2.45, 2.75) is 32.1 Å². The first-order valence-corrected chi connectivity index (χ1v) is 14.5. The van der Waals surface area contributed by atoms with Crippen molar-refractivity contribution in [3.05, 3.63) is 112 Å². The lowest BCUT2D eigenvalue weighted by Gasteiger charge is -2.41. The van der Waals surface area contributed by atoms with E-state index in [0.717, 1.165) is 45.2 Å². The van der Waals surface area contributed by atoms with E-state index < -0.39 is 16.1 Å². The molecule has 3 aliphatic carbocycles. The molecule has 33 heavy (non-hydrogen) atoms. The van der Waals surface area contributed by atoms with Gasteiger partial charge in [-0.3, -0.25) is 0 Å². The van der Waals surface area contributed by atoms with Crippen molar-refractivity contribution < 1.29 is 0 Å². The van der Waals surface area contributed by atoms with Crippen LogP contribution in [-0.2, 0) is 0 Å². The molecule has 4 heteroatoms. The lowest BCUT2D eigenvalue weighted by molar-refractivity contribution is 0.391. The first kappa shape index (κ1) is 24.1. The van der Waals surface area contributed by atoms with Gasteiger partial charge in [-0.15, -0.1) is 0 Å². The molecule has 0 aromatic heterocycles. The summed E-state index contributed by atoms with van der Waals surface area (Å²) in [5.74, 6) is 0. The zero-order valence-electron chi connectivity index (χ0n) is 19.8. The number of benzene rings is 1. The smallest absolute Gasteiger partial charge is 0.0456 e. The zero-order valence-corrected chi connectivity index (χ0v) is 21.6. The largest absolute Gasteiger partial charge is 0.309 e. The molecule has 0 bridgehead atoms. The quantitative estimate of drug-likeness (QED) is 0.256. The molecule has 2 unspecified atom stereocenters. The SMILES string of the molecule is CN(C)CCCN(P(C1=C=C=CC=C1)C1=CCCC=C1)P(C1=CC=CCC1)c1ccccc1. The Morgan fingerprint density at radius 3 is 2.45 bits per heavy atom. The van der Waals surface area contributed by atoms with Gasteiger partial charge in [-0.1, -0.05) is 84.3 Å². The summed E-state index contributed by atoms with van der Waals surface area (Å²) in [6.45, 7) is 2.16. The van der Waals surface area contributed by atoms with Gasteiger partial charge in [0.1, 0.15) is 0 Å². The first-order chi connectivity index (χ1) is 16.2. The minimum absolute atomic E-state index is 0.611. The second-order valence-corrected chi connectivity index (χ2v) is 13.2. The van der Waals surface area contributed by atoms with Crippen molar-refractivity contribution in [1.82, 2.24) is 9.34 Å². The van der Waals surface area contributed by atoms with Crippen LogP contribution in [-0.4, -0.2) is 36.5 Å². The molecule has 4 rings (SSSR count). The van der Waals surface area contributed by atoms with E-state index in [1.807, 2.05) is 6.08 Å². The lowest BCUT2D eigenvalue weighted by atomic mass is 10.2. The zero-order chi connectivity index (χ0) is 22.9. The van der Waals surface area contributed by atoms with E-state index in [1.165, 1.54) is 15.9 Å². The maximum atomic E-state index is 3.51. The molecule has 0 amide bonds. The summed E-state index contributed by atoms with van der Waals surface area (Å²) in [6, 6.07) is 11.2. The van der Waals surface area contributed by atoms with Crippen molar-refractivity contribution >= 4 is 21.4 Å². The molecule has 0 aliphatic heterocycles. The van der Waals surface area contributed by atoms with Crippen LogP contribution in [0.4, 0.5) is 0 Å². The van der Waals surface area contributed by atoms with Gasteiger partial charge in [-0.2, -0.15) is 0 Å². The Balaban J connectivity index is 1.83. The number of hydrogen-bond donors (Lipinski definition) is 0. The Morgan fingerprint density at radius 1 is 0.909 bits per heavy atom. The Hall–Kier alpha value is -2.00. The van der Waals surface area contributed by atoms with Crippen LogP contribution in [0.1, 0.15) is 32.1 Å². The summed E-state index contributed by atoms with van der Waals surface area (Å²) >= 11 is 0. The van der Waals surface area contributed by atoms with Crippen LogP contribution in [0.5, 0.6) is 0 Å². The minimum atomic E-state index is -0.690. The summed E-state index contributed by atoms with van der Waals surface area (Å²) in [6.07, 6.45) is 26.2. The Kier molecular flexibility index (Phi) is 9.11. The molecule has 2 atom stereocenters. The third kappa shape index (κ3) is 6.53. The molecule has 0 N–H and O–H groups in total. The third-order valence-electron chi connectivity index (χ3n) is 5.77. The monoisotopic (exact) mass is 472 g/mol. The molecule has 2 nitrogen and oxygen atoms in total. The molecule has 0 saturated heterocycles. The summed E-state index contributed by atoms with van der Waals surface area (Å²) < 4.78 is 2.86. The second kappa shape index (κ2) is 12.5. The van der Waals surface area contributed by atoms with Gasteiger partial charge in [0, 0.05) is 28.0 Å². The van der Waals surface area contributed by atoms with Gasteiger partial charge in [-0.25, -0.2) is 4.44 Å². The summed E-state index contributed by atoms with van der Waals surface area (Å²) in [5.41, 5.74) is 6.76. The normalized spacial score (nSPS) is 19.0. The van der Waals surface area contributed by atoms with Crippen LogP contribution in [0.25, 0.3) is 0 Å². The lowest BCUT2D eigenvalue weighted by Crippen LogP contribution is -2.25. The minimum Gasteiger partial charge on any atom is -0.309 e. The van der Waals surface area contributed by atoms with Crippen LogP contribution in [0.15, 0.2) is 112 Å². The van der Waals surface area contributed by atoms with Crippen molar-refractivity contribution in [2.75, 3.05) is 27.2 Å². The molecule has 170 valence electrons. The molecule has 0 fully saturated rings. The number of allylic oxidation sites excluding steroid dienone is 12. The van der Waals surface area contributed by atoms with E-state index in [2.05, 4.69) is 114 Å². The standard InChI is InChI=1S/C29H34N2P2/c1-30(2)24-15-25-31(32(26-16-7-3-8-17-26)27-18-9-4-10-19-27)33(28-20-11-5-12-21-28)29-22-13-6-14-23-29/h3-5,7-9,11,13,16-18,20,22-23H,6,10,14-15,19,24-25H2,1-2H3. The highest BCUT2D eigenvalue weighted by atomic mass is 31.2. The van der Waals surface area contributed by atoms with E-state index in [4.69, 9.17) is 0 Å². The van der Waals surface area contributed by atoms with Gasteiger partial charge in [0.05, 0.1) is 0 Å². The molecule has 3 aliphatic rings. The second-order valence-electron chi connectivity index (χ2n) is 8.63. The highest BCUT2D eigenvalue weighted by molar-refractivity contribution is 7.80. The molecular weight excluding hydrogens is 438 g/mol. The third-order valence-corrected chi connectivity index (χ3v) is 11.4. The Bertz CT molecular complexity index is 1060. The number of rotatable bonds is 10. The molecule has 0 spiro atoms. The highest BCUT2D eigenvalue weighted by Gasteiger charge is 2.33. The predicted molar refractivity (Wildman–Crippen MR) is 147 cm³/mol. The summed E-state index contributed by atoms with van der Waals surface area (Å²) in [4.78, 5) is 2.30. The molecule has 0 saturated carbocycles. The van der Waals surface area contributed by atoms with E-state index in [-0.39, 0.29) is 0 Å². The van der Waals surface area contributed by atoms with Crippen molar-refractivity contribution in [3.8, 4) is 0 Å². The average Bonchev–Trinajstić information content (AvgIpc) is 2.87. The first-order valence-electron chi connectivity index (χ1n) is 11.9. The Morgan fingerprint density at radius 2 is 1.79 bits per heavy atom. The highest BCUT2D eigenvalue weighted by Crippen LogP contribution is 2.68. The van der Waals surface area contributed by atoms with Crippen molar-refractivity contribution in [1.29, 1.82) is 0 Å². The fourth-order valence-corrected chi connectivity index (χ4v) is 10.5. The van der Waals surface area contributed by atoms with E-state index >= 15 is 0 Å². The summed E-state index contributed by atoms with van der Waals surface area (Å²) in [5, 5.41) is 5.78. The van der Waals surface area contributed by atoms with Crippen LogP contribution in [0, 0.1) is 0 Å². The molecule has 0 heterocycles. The van der Waals surface area contributed by atoms with Crippen LogP contribution < -0.4 is 5.30 Å². The topological polar surface area (TPSA) is 6.48 Å². The van der Waals surface area contributed by atoms with Gasteiger partial charge >= 0.3 is 0 Å². The van der Waals surface area contributed by atoms with Crippen molar-refractivity contribution in [3.63, 3.8) is 0 Å². The average molecular weight is 473 g/mol. The fourth-order valence-electron chi connectivity index (χ4n) is 4.22. The maximum Gasteiger partial charge on any atom is 0.0456 e. The van der Waals surface area contributed by atoms with E-state index in [0.29, 0.717) is 0 Å². The summed E-state index contributed by atoms with van der Waals surface area (Å²) in [7, 11) is 3.05. The Labute approximate surface area is 202 Å². The molecule has 1 aromatic carbocycles. The molecule has 1 aromatic rings. The van der Waals surface area contributed by atoms with Crippen LogP contribution in [0.3, 0.4) is 0 Å². The van der Waals surface area contributed by atoms with E-state index in [1.54, 1.807) is 5.31 Å². The fraction of sp³-hybridized carbons (Fsp3) is 0.310. The van der Waals surface area contributed by atoms with E-state index in [9.17, 15) is 0 Å². The van der Waals surface area contributed by atoms with Gasteiger partial charge in [-0.05, 0) is 80.8 Å². The van der Waals surface area contributed by atoms with Gasteiger partial charge < -0.3 is 4.90 Å². The number of nitrogens with zero attached hydrogens (tertiary/aromatic N) is 2. The van der Waals surface area contributed by atoms with Crippen LogP contribution in [0.2, 0.25) is 0 Å². The molecular formula is C29H34N2P2. The van der Waals surface area contributed by atoms with Crippen LogP contribution >= 0.6 is 16.1 Å². The molecule has 0 radical (unpaired) electrons. The maximum absolute atomic E-state index is 3.51.